The molecule has 0 aromatic heterocycles. The highest BCUT2D eigenvalue weighted by atomic mass is 35.5. The summed E-state index contributed by atoms with van der Waals surface area (Å²) in [6, 6.07) is 4.98. The molecule has 0 heterocycles. The van der Waals surface area contributed by atoms with Crippen LogP contribution in [0.4, 0.5) is 0 Å². The summed E-state index contributed by atoms with van der Waals surface area (Å²) in [7, 11) is -3.09. The van der Waals surface area contributed by atoms with Gasteiger partial charge in [0.25, 0.3) is 0 Å². The summed E-state index contributed by atoms with van der Waals surface area (Å²) in [5, 5.41) is 0. The number of rotatable bonds is 2. The lowest BCUT2D eigenvalue weighted by molar-refractivity contribution is 0.602. The molecule has 1 aromatic carbocycles. The van der Waals surface area contributed by atoms with Crippen molar-refractivity contribution in [1.82, 2.24) is 0 Å². The van der Waals surface area contributed by atoms with Crippen LogP contribution in [-0.4, -0.2) is 14.7 Å². The summed E-state index contributed by atoms with van der Waals surface area (Å²) in [4.78, 5) is 0.346. The first-order valence-corrected chi connectivity index (χ1v) is 6.23. The summed E-state index contributed by atoms with van der Waals surface area (Å²) in [5.41, 5.74) is 1.88. The van der Waals surface area contributed by atoms with E-state index in [-0.39, 0.29) is 0 Å². The van der Waals surface area contributed by atoms with E-state index < -0.39 is 9.84 Å². The second kappa shape index (κ2) is 3.68. The molecule has 0 saturated carbocycles. The van der Waals surface area contributed by atoms with Gasteiger partial charge < -0.3 is 0 Å². The van der Waals surface area contributed by atoms with E-state index in [0.29, 0.717) is 10.8 Å². The molecule has 0 unspecified atom stereocenters. The van der Waals surface area contributed by atoms with E-state index in [0.717, 1.165) is 11.1 Å². The van der Waals surface area contributed by atoms with Gasteiger partial charge >= 0.3 is 0 Å². The summed E-state index contributed by atoms with van der Waals surface area (Å²) in [6.07, 6.45) is 1.20. The van der Waals surface area contributed by atoms with E-state index in [9.17, 15) is 8.42 Å². The van der Waals surface area contributed by atoms with Crippen LogP contribution in [0, 0.1) is 6.92 Å². The standard InChI is InChI=1S/C9H11ClO2S/c1-7-5-9(13(2,11)12)4-3-8(7)6-10/h3-5H,6H2,1-2H3. The number of hydrogen-bond donors (Lipinski definition) is 0. The van der Waals surface area contributed by atoms with Crippen molar-refractivity contribution in [3.05, 3.63) is 29.3 Å². The Morgan fingerprint density at radius 1 is 1.38 bits per heavy atom. The van der Waals surface area contributed by atoms with Crippen LogP contribution in [0.1, 0.15) is 11.1 Å². The van der Waals surface area contributed by atoms with Gasteiger partial charge in [-0.05, 0) is 30.2 Å². The van der Waals surface area contributed by atoms with Crippen molar-refractivity contribution < 1.29 is 8.42 Å². The Morgan fingerprint density at radius 2 is 2.00 bits per heavy atom. The largest absolute Gasteiger partial charge is 0.224 e. The molecule has 0 saturated heterocycles. The van der Waals surface area contributed by atoms with Gasteiger partial charge in [-0.1, -0.05) is 6.07 Å². The van der Waals surface area contributed by atoms with Gasteiger partial charge in [0.1, 0.15) is 0 Å². The first-order chi connectivity index (χ1) is 5.95. The second-order valence-corrected chi connectivity index (χ2v) is 5.28. The Balaban J connectivity index is 3.26. The highest BCUT2D eigenvalue weighted by Gasteiger charge is 2.07. The molecule has 0 N–H and O–H groups in total. The third kappa shape index (κ3) is 2.45. The van der Waals surface area contributed by atoms with Gasteiger partial charge in [0, 0.05) is 12.1 Å². The van der Waals surface area contributed by atoms with Crippen LogP contribution < -0.4 is 0 Å². The van der Waals surface area contributed by atoms with E-state index in [1.807, 2.05) is 6.92 Å². The molecular formula is C9H11ClO2S. The molecule has 72 valence electrons. The van der Waals surface area contributed by atoms with Crippen LogP contribution >= 0.6 is 11.6 Å². The maximum absolute atomic E-state index is 11.2. The monoisotopic (exact) mass is 218 g/mol. The van der Waals surface area contributed by atoms with Crippen molar-refractivity contribution in [2.24, 2.45) is 0 Å². The van der Waals surface area contributed by atoms with E-state index in [1.54, 1.807) is 18.2 Å². The van der Waals surface area contributed by atoms with Gasteiger partial charge in [-0.15, -0.1) is 11.6 Å². The average molecular weight is 219 g/mol. The zero-order valence-corrected chi connectivity index (χ0v) is 9.11. The number of sulfone groups is 1. The molecule has 2 nitrogen and oxygen atoms in total. The van der Waals surface area contributed by atoms with Crippen molar-refractivity contribution >= 4 is 21.4 Å². The Bertz CT molecular complexity index is 410. The number of benzene rings is 1. The summed E-state index contributed by atoms with van der Waals surface area (Å²) in [5.74, 6) is 0.413. The minimum Gasteiger partial charge on any atom is -0.224 e. The lowest BCUT2D eigenvalue weighted by Crippen LogP contribution is -1.98. The Labute approximate surface area is 83.5 Å². The number of alkyl halides is 1. The van der Waals surface area contributed by atoms with Crippen molar-refractivity contribution in [2.45, 2.75) is 17.7 Å². The zero-order valence-electron chi connectivity index (χ0n) is 7.54. The summed E-state index contributed by atoms with van der Waals surface area (Å²) in [6.45, 7) is 1.85. The van der Waals surface area contributed by atoms with Crippen LogP contribution in [0.15, 0.2) is 23.1 Å². The fourth-order valence-electron chi connectivity index (χ4n) is 1.05. The molecule has 1 aromatic rings. The molecule has 0 aliphatic carbocycles. The lowest BCUT2D eigenvalue weighted by Gasteiger charge is -2.03. The Morgan fingerprint density at radius 3 is 2.38 bits per heavy atom. The highest BCUT2D eigenvalue weighted by Crippen LogP contribution is 2.16. The van der Waals surface area contributed by atoms with Crippen molar-refractivity contribution in [3.63, 3.8) is 0 Å². The van der Waals surface area contributed by atoms with Crippen LogP contribution in [0.2, 0.25) is 0 Å². The molecular weight excluding hydrogens is 208 g/mol. The maximum atomic E-state index is 11.2. The fraction of sp³-hybridized carbons (Fsp3) is 0.333. The lowest BCUT2D eigenvalue weighted by atomic mass is 10.1. The van der Waals surface area contributed by atoms with Gasteiger partial charge in [0.2, 0.25) is 0 Å². The van der Waals surface area contributed by atoms with Gasteiger partial charge in [0.05, 0.1) is 4.90 Å². The molecule has 0 bridgehead atoms. The third-order valence-corrected chi connectivity index (χ3v) is 3.28. The van der Waals surface area contributed by atoms with Gasteiger partial charge in [-0.25, -0.2) is 8.42 Å². The second-order valence-electron chi connectivity index (χ2n) is 2.99. The maximum Gasteiger partial charge on any atom is 0.175 e. The van der Waals surface area contributed by atoms with E-state index >= 15 is 0 Å². The molecule has 4 heteroatoms. The molecule has 0 aliphatic heterocycles. The molecule has 0 spiro atoms. The van der Waals surface area contributed by atoms with Crippen LogP contribution in [0.5, 0.6) is 0 Å². The van der Waals surface area contributed by atoms with Gasteiger partial charge in [0.15, 0.2) is 9.84 Å². The average Bonchev–Trinajstić information content (AvgIpc) is 2.02. The minimum atomic E-state index is -3.09. The molecule has 0 fully saturated rings. The normalized spacial score (nSPS) is 11.6. The highest BCUT2D eigenvalue weighted by molar-refractivity contribution is 7.90. The molecule has 0 atom stereocenters. The van der Waals surface area contributed by atoms with E-state index in [2.05, 4.69) is 0 Å². The Kier molecular flexibility index (Phi) is 2.98. The minimum absolute atomic E-state index is 0.346. The smallest absolute Gasteiger partial charge is 0.175 e. The first kappa shape index (κ1) is 10.5. The van der Waals surface area contributed by atoms with Gasteiger partial charge in [-0.2, -0.15) is 0 Å². The predicted octanol–water partition coefficient (Wildman–Crippen LogP) is 2.14. The van der Waals surface area contributed by atoms with Crippen molar-refractivity contribution in [3.8, 4) is 0 Å². The quantitative estimate of drug-likeness (QED) is 0.713. The SMILES string of the molecule is Cc1cc(S(C)(=O)=O)ccc1CCl. The summed E-state index contributed by atoms with van der Waals surface area (Å²) < 4.78 is 22.3. The van der Waals surface area contributed by atoms with Crippen LogP contribution in [0.25, 0.3) is 0 Å². The first-order valence-electron chi connectivity index (χ1n) is 3.80. The van der Waals surface area contributed by atoms with Crippen molar-refractivity contribution in [1.29, 1.82) is 0 Å². The van der Waals surface area contributed by atoms with E-state index in [4.69, 9.17) is 11.6 Å². The predicted molar refractivity (Wildman–Crippen MR) is 53.8 cm³/mol. The topological polar surface area (TPSA) is 34.1 Å². The fourth-order valence-corrected chi connectivity index (χ4v) is 2.05. The van der Waals surface area contributed by atoms with Gasteiger partial charge in [-0.3, -0.25) is 0 Å². The Hall–Kier alpha value is -0.540. The third-order valence-electron chi connectivity index (χ3n) is 1.89. The van der Waals surface area contributed by atoms with E-state index in [1.165, 1.54) is 6.26 Å². The molecule has 0 amide bonds. The molecule has 0 aliphatic rings. The summed E-state index contributed by atoms with van der Waals surface area (Å²) >= 11 is 5.65. The number of hydrogen-bond acceptors (Lipinski definition) is 2. The molecule has 13 heavy (non-hydrogen) atoms. The molecule has 1 rings (SSSR count). The van der Waals surface area contributed by atoms with Crippen molar-refractivity contribution in [2.75, 3.05) is 6.26 Å². The van der Waals surface area contributed by atoms with Crippen LogP contribution in [-0.2, 0) is 15.7 Å². The zero-order chi connectivity index (χ0) is 10.1. The number of halogens is 1. The number of aryl methyl sites for hydroxylation is 1. The molecule has 0 radical (unpaired) electrons. The van der Waals surface area contributed by atoms with Crippen LogP contribution in [0.3, 0.4) is 0 Å².